The molecule has 0 radical (unpaired) electrons. The molecule has 2 fully saturated rings. The molecule has 1 N–H and O–H groups in total. The molecule has 0 aromatic carbocycles. The van der Waals surface area contributed by atoms with Crippen LogP contribution in [0.25, 0.3) is 0 Å². The molecule has 1 heterocycles. The third-order valence-corrected chi connectivity index (χ3v) is 4.95. The zero-order valence-corrected chi connectivity index (χ0v) is 12.3. The molecular formula is C15H31N3. The van der Waals surface area contributed by atoms with Crippen molar-refractivity contribution in [2.24, 2.45) is 0 Å². The van der Waals surface area contributed by atoms with Crippen LogP contribution in [0.1, 0.15) is 44.9 Å². The van der Waals surface area contributed by atoms with E-state index in [4.69, 9.17) is 0 Å². The van der Waals surface area contributed by atoms with Gasteiger partial charge in [-0.05, 0) is 65.7 Å². The number of likely N-dealkylation sites (tertiary alicyclic amines) is 1. The fourth-order valence-electron chi connectivity index (χ4n) is 3.47. The van der Waals surface area contributed by atoms with Crippen molar-refractivity contribution in [1.82, 2.24) is 15.1 Å². The van der Waals surface area contributed by atoms with E-state index < -0.39 is 0 Å². The summed E-state index contributed by atoms with van der Waals surface area (Å²) < 4.78 is 0. The monoisotopic (exact) mass is 253 g/mol. The zero-order chi connectivity index (χ0) is 12.8. The molecule has 106 valence electrons. The lowest BCUT2D eigenvalue weighted by Crippen LogP contribution is -2.43. The summed E-state index contributed by atoms with van der Waals surface area (Å²) in [4.78, 5) is 5.26. The van der Waals surface area contributed by atoms with Gasteiger partial charge in [-0.2, -0.15) is 0 Å². The minimum absolute atomic E-state index is 0.775. The topological polar surface area (TPSA) is 18.5 Å². The Hall–Kier alpha value is -0.120. The van der Waals surface area contributed by atoms with Crippen LogP contribution < -0.4 is 5.32 Å². The fourth-order valence-corrected chi connectivity index (χ4v) is 3.47. The zero-order valence-electron chi connectivity index (χ0n) is 12.3. The number of nitrogens with one attached hydrogen (secondary N) is 1. The number of nitrogens with zero attached hydrogens (tertiary/aromatic N) is 2. The van der Waals surface area contributed by atoms with Crippen LogP contribution in [0.2, 0.25) is 0 Å². The van der Waals surface area contributed by atoms with Gasteiger partial charge in [0, 0.05) is 25.2 Å². The second-order valence-corrected chi connectivity index (χ2v) is 6.18. The SMILES string of the molecule is CNC1CCC(N(C)CCN2CCCCC2)CC1. The summed E-state index contributed by atoms with van der Waals surface area (Å²) in [5, 5.41) is 3.42. The minimum atomic E-state index is 0.775. The fraction of sp³-hybridized carbons (Fsp3) is 1.00. The number of hydrogen-bond acceptors (Lipinski definition) is 3. The molecule has 0 unspecified atom stereocenters. The van der Waals surface area contributed by atoms with Crippen molar-refractivity contribution in [3.63, 3.8) is 0 Å². The Morgan fingerprint density at radius 2 is 1.72 bits per heavy atom. The van der Waals surface area contributed by atoms with Crippen LogP contribution in [0, 0.1) is 0 Å². The maximum absolute atomic E-state index is 3.42. The summed E-state index contributed by atoms with van der Waals surface area (Å²) in [5.41, 5.74) is 0. The average molecular weight is 253 g/mol. The Balaban J connectivity index is 1.63. The van der Waals surface area contributed by atoms with E-state index >= 15 is 0 Å². The van der Waals surface area contributed by atoms with Crippen molar-refractivity contribution in [2.45, 2.75) is 57.0 Å². The molecule has 1 saturated carbocycles. The highest BCUT2D eigenvalue weighted by molar-refractivity contribution is 4.81. The van der Waals surface area contributed by atoms with E-state index in [1.807, 2.05) is 0 Å². The summed E-state index contributed by atoms with van der Waals surface area (Å²) in [5.74, 6) is 0. The van der Waals surface area contributed by atoms with Crippen LogP contribution in [0.15, 0.2) is 0 Å². The van der Waals surface area contributed by atoms with Crippen LogP contribution in [-0.4, -0.2) is 62.2 Å². The molecule has 18 heavy (non-hydrogen) atoms. The van der Waals surface area contributed by atoms with Gasteiger partial charge in [-0.3, -0.25) is 0 Å². The molecule has 3 nitrogen and oxygen atoms in total. The van der Waals surface area contributed by atoms with Crippen molar-refractivity contribution < 1.29 is 0 Å². The molecule has 3 heteroatoms. The van der Waals surface area contributed by atoms with E-state index in [2.05, 4.69) is 29.2 Å². The highest BCUT2D eigenvalue weighted by Gasteiger charge is 2.23. The number of hydrogen-bond donors (Lipinski definition) is 1. The van der Waals surface area contributed by atoms with E-state index in [0.29, 0.717) is 0 Å². The van der Waals surface area contributed by atoms with Gasteiger partial charge in [0.15, 0.2) is 0 Å². The normalized spacial score (nSPS) is 30.8. The van der Waals surface area contributed by atoms with Gasteiger partial charge >= 0.3 is 0 Å². The van der Waals surface area contributed by atoms with Crippen LogP contribution in [0.4, 0.5) is 0 Å². The van der Waals surface area contributed by atoms with Gasteiger partial charge in [0.1, 0.15) is 0 Å². The highest BCUT2D eigenvalue weighted by atomic mass is 15.2. The van der Waals surface area contributed by atoms with Crippen molar-refractivity contribution in [3.8, 4) is 0 Å². The van der Waals surface area contributed by atoms with Gasteiger partial charge in [-0.1, -0.05) is 6.42 Å². The van der Waals surface area contributed by atoms with Crippen LogP contribution >= 0.6 is 0 Å². The quantitative estimate of drug-likeness (QED) is 0.808. The first kappa shape index (κ1) is 14.3. The lowest BCUT2D eigenvalue weighted by atomic mass is 9.90. The standard InChI is InChI=1S/C15H31N3/c1-16-14-6-8-15(9-7-14)17(2)12-13-18-10-4-3-5-11-18/h14-16H,3-13H2,1-2H3. The molecule has 0 amide bonds. The number of likely N-dealkylation sites (N-methyl/N-ethyl adjacent to an activating group) is 1. The molecule has 0 atom stereocenters. The molecule has 0 aromatic heterocycles. The molecule has 0 bridgehead atoms. The van der Waals surface area contributed by atoms with E-state index in [1.54, 1.807) is 0 Å². The van der Waals surface area contributed by atoms with Crippen molar-refractivity contribution >= 4 is 0 Å². The van der Waals surface area contributed by atoms with E-state index in [0.717, 1.165) is 12.1 Å². The largest absolute Gasteiger partial charge is 0.317 e. The van der Waals surface area contributed by atoms with Crippen LogP contribution in [0.5, 0.6) is 0 Å². The molecule has 0 spiro atoms. The minimum Gasteiger partial charge on any atom is -0.317 e. The third-order valence-electron chi connectivity index (χ3n) is 4.95. The van der Waals surface area contributed by atoms with Crippen molar-refractivity contribution in [3.05, 3.63) is 0 Å². The van der Waals surface area contributed by atoms with E-state index in [-0.39, 0.29) is 0 Å². The second kappa shape index (κ2) is 7.46. The van der Waals surface area contributed by atoms with Crippen LogP contribution in [0.3, 0.4) is 0 Å². The highest BCUT2D eigenvalue weighted by Crippen LogP contribution is 2.22. The molecule has 1 aliphatic heterocycles. The van der Waals surface area contributed by atoms with Gasteiger partial charge in [0.25, 0.3) is 0 Å². The first-order valence-corrected chi connectivity index (χ1v) is 7.89. The smallest absolute Gasteiger partial charge is 0.0109 e. The van der Waals surface area contributed by atoms with E-state index in [1.165, 1.54) is 71.1 Å². The van der Waals surface area contributed by atoms with E-state index in [9.17, 15) is 0 Å². The molecular weight excluding hydrogens is 222 g/mol. The molecule has 2 rings (SSSR count). The molecule has 1 aliphatic carbocycles. The Labute approximate surface area is 113 Å². The molecule has 2 aliphatic rings. The van der Waals surface area contributed by atoms with Crippen molar-refractivity contribution in [1.29, 1.82) is 0 Å². The summed E-state index contributed by atoms with van der Waals surface area (Å²) in [6, 6.07) is 1.61. The predicted octanol–water partition coefficient (Wildman–Crippen LogP) is 1.93. The summed E-state index contributed by atoms with van der Waals surface area (Å²) in [7, 11) is 4.43. The Kier molecular flexibility index (Phi) is 5.93. The van der Waals surface area contributed by atoms with Gasteiger partial charge in [-0.15, -0.1) is 0 Å². The Morgan fingerprint density at radius 1 is 1.06 bits per heavy atom. The third kappa shape index (κ3) is 4.22. The summed E-state index contributed by atoms with van der Waals surface area (Å²) in [6.45, 7) is 5.21. The first-order valence-electron chi connectivity index (χ1n) is 7.89. The Bertz CT molecular complexity index is 218. The van der Waals surface area contributed by atoms with Gasteiger partial charge in [0.2, 0.25) is 0 Å². The maximum Gasteiger partial charge on any atom is 0.0109 e. The Morgan fingerprint density at radius 3 is 2.33 bits per heavy atom. The predicted molar refractivity (Wildman–Crippen MR) is 78.0 cm³/mol. The van der Waals surface area contributed by atoms with Crippen LogP contribution in [-0.2, 0) is 0 Å². The number of piperidine rings is 1. The summed E-state index contributed by atoms with van der Waals surface area (Å²) >= 11 is 0. The maximum atomic E-state index is 3.42. The van der Waals surface area contributed by atoms with Gasteiger partial charge < -0.3 is 15.1 Å². The lowest BCUT2D eigenvalue weighted by molar-refractivity contribution is 0.142. The average Bonchev–Trinajstić information content (AvgIpc) is 2.46. The van der Waals surface area contributed by atoms with Gasteiger partial charge in [0.05, 0.1) is 0 Å². The van der Waals surface area contributed by atoms with Crippen molar-refractivity contribution in [2.75, 3.05) is 40.3 Å². The molecule has 0 aromatic rings. The number of rotatable bonds is 5. The first-order chi connectivity index (χ1) is 8.79. The van der Waals surface area contributed by atoms with Gasteiger partial charge in [-0.25, -0.2) is 0 Å². The molecule has 1 saturated heterocycles. The lowest BCUT2D eigenvalue weighted by Gasteiger charge is -2.36. The second-order valence-electron chi connectivity index (χ2n) is 6.18. The summed E-state index contributed by atoms with van der Waals surface area (Å²) in [6.07, 6.45) is 9.74.